The van der Waals surface area contributed by atoms with Crippen LogP contribution >= 0.6 is 0 Å². The van der Waals surface area contributed by atoms with Crippen LogP contribution < -0.4 is 5.32 Å². The Labute approximate surface area is 185 Å². The van der Waals surface area contributed by atoms with E-state index < -0.39 is 15.8 Å². The fourth-order valence-corrected chi connectivity index (χ4v) is 4.80. The van der Waals surface area contributed by atoms with Crippen molar-refractivity contribution in [3.8, 4) is 0 Å². The van der Waals surface area contributed by atoms with Gasteiger partial charge in [0.1, 0.15) is 0 Å². The minimum absolute atomic E-state index is 0.159. The van der Waals surface area contributed by atoms with E-state index in [2.05, 4.69) is 10.4 Å². The molecule has 7 nitrogen and oxygen atoms in total. The van der Waals surface area contributed by atoms with Crippen molar-refractivity contribution in [1.82, 2.24) is 9.78 Å². The number of hydrogen-bond donors (Lipinski definition) is 1. The summed E-state index contributed by atoms with van der Waals surface area (Å²) in [6.07, 6.45) is 8.28. The zero-order valence-electron chi connectivity index (χ0n) is 18.8. The predicted molar refractivity (Wildman–Crippen MR) is 121 cm³/mol. The summed E-state index contributed by atoms with van der Waals surface area (Å²) in [5.74, 6) is 0.365. The minimum atomic E-state index is -3.35. The van der Waals surface area contributed by atoms with Gasteiger partial charge in [-0.2, -0.15) is 5.10 Å². The van der Waals surface area contributed by atoms with Gasteiger partial charge in [-0.1, -0.05) is 37.8 Å². The smallest absolute Gasteiger partial charge is 0.233 e. The highest BCUT2D eigenvalue weighted by atomic mass is 32.2. The van der Waals surface area contributed by atoms with E-state index in [1.165, 1.54) is 19.1 Å². The molecule has 170 valence electrons. The van der Waals surface area contributed by atoms with Crippen LogP contribution in [0.15, 0.2) is 41.4 Å². The van der Waals surface area contributed by atoms with Crippen LogP contribution in [0, 0.1) is 5.92 Å². The van der Waals surface area contributed by atoms with E-state index in [9.17, 15) is 13.2 Å². The largest absolute Gasteiger partial charge is 0.377 e. The van der Waals surface area contributed by atoms with Gasteiger partial charge in [0, 0.05) is 25.6 Å². The number of aromatic nitrogens is 2. The van der Waals surface area contributed by atoms with Crippen molar-refractivity contribution < 1.29 is 17.9 Å². The first-order valence-corrected chi connectivity index (χ1v) is 12.7. The number of anilines is 1. The Kier molecular flexibility index (Phi) is 7.21. The highest BCUT2D eigenvalue weighted by Crippen LogP contribution is 2.35. The third-order valence-corrected chi connectivity index (χ3v) is 7.15. The molecule has 1 amide bonds. The molecular weight excluding hydrogens is 414 g/mol. The van der Waals surface area contributed by atoms with Crippen molar-refractivity contribution in [2.45, 2.75) is 68.9 Å². The second-order valence-electron chi connectivity index (χ2n) is 9.14. The maximum Gasteiger partial charge on any atom is 0.233 e. The lowest BCUT2D eigenvalue weighted by atomic mass is 9.87. The molecule has 0 aliphatic heterocycles. The number of methoxy groups -OCH3 is 1. The highest BCUT2D eigenvalue weighted by Gasteiger charge is 2.28. The molecule has 1 atom stereocenters. The number of sulfone groups is 1. The number of carbonyl (C=O) groups is 1. The van der Waals surface area contributed by atoms with Gasteiger partial charge in [-0.25, -0.2) is 8.42 Å². The van der Waals surface area contributed by atoms with Gasteiger partial charge >= 0.3 is 0 Å². The molecule has 1 fully saturated rings. The Hall–Kier alpha value is -2.19. The maximum atomic E-state index is 13.3. The Bertz CT molecular complexity index is 1010. The van der Waals surface area contributed by atoms with Crippen LogP contribution in [-0.4, -0.2) is 43.1 Å². The molecule has 0 saturated heterocycles. The molecule has 31 heavy (non-hydrogen) atoms. The Morgan fingerprint density at radius 1 is 1.29 bits per heavy atom. The monoisotopic (exact) mass is 447 g/mol. The van der Waals surface area contributed by atoms with Crippen molar-refractivity contribution >= 4 is 21.6 Å². The SMILES string of the molecule is COC(C)(C)Cn1ccc(NC(=O)C(CC2CCCC2)c2cccc(S(C)(=O)=O)c2)n1. The van der Waals surface area contributed by atoms with Crippen molar-refractivity contribution in [2.75, 3.05) is 18.7 Å². The number of amides is 1. The van der Waals surface area contributed by atoms with E-state index in [1.54, 1.807) is 36.1 Å². The maximum absolute atomic E-state index is 13.3. The van der Waals surface area contributed by atoms with Crippen LogP contribution in [0.5, 0.6) is 0 Å². The summed E-state index contributed by atoms with van der Waals surface area (Å²) in [4.78, 5) is 13.5. The van der Waals surface area contributed by atoms with Gasteiger partial charge in [0.05, 0.1) is 23.0 Å². The van der Waals surface area contributed by atoms with Gasteiger partial charge in [0.25, 0.3) is 0 Å². The number of nitrogens with zero attached hydrogens (tertiary/aromatic N) is 2. The molecule has 1 unspecified atom stereocenters. The number of benzene rings is 1. The molecule has 2 aromatic rings. The van der Waals surface area contributed by atoms with Gasteiger partial charge in [-0.05, 0) is 43.9 Å². The van der Waals surface area contributed by atoms with E-state index in [1.807, 2.05) is 26.1 Å². The summed E-state index contributed by atoms with van der Waals surface area (Å²) in [5.41, 5.74) is 0.358. The molecule has 1 saturated carbocycles. The first-order chi connectivity index (χ1) is 14.6. The highest BCUT2D eigenvalue weighted by molar-refractivity contribution is 7.90. The predicted octanol–water partition coefficient (Wildman–Crippen LogP) is 4.01. The summed E-state index contributed by atoms with van der Waals surface area (Å²) in [7, 11) is -1.69. The van der Waals surface area contributed by atoms with Crippen LogP contribution in [0.2, 0.25) is 0 Å². The molecule has 1 aliphatic carbocycles. The van der Waals surface area contributed by atoms with E-state index in [0.29, 0.717) is 24.7 Å². The fraction of sp³-hybridized carbons (Fsp3) is 0.565. The van der Waals surface area contributed by atoms with Gasteiger partial charge in [-0.3, -0.25) is 9.48 Å². The van der Waals surface area contributed by atoms with E-state index >= 15 is 0 Å². The lowest BCUT2D eigenvalue weighted by Gasteiger charge is -2.22. The summed E-state index contributed by atoms with van der Waals surface area (Å²) in [6.45, 7) is 4.50. The first kappa shape index (κ1) is 23.5. The fourth-order valence-electron chi connectivity index (χ4n) is 4.12. The normalized spacial score (nSPS) is 16.4. The van der Waals surface area contributed by atoms with Crippen LogP contribution in [-0.2, 0) is 25.9 Å². The molecular formula is C23H33N3O4S. The van der Waals surface area contributed by atoms with Crippen molar-refractivity contribution in [3.05, 3.63) is 42.1 Å². The average molecular weight is 448 g/mol. The molecule has 0 spiro atoms. The van der Waals surface area contributed by atoms with Crippen molar-refractivity contribution in [1.29, 1.82) is 0 Å². The summed E-state index contributed by atoms with van der Waals surface area (Å²) in [5, 5.41) is 7.39. The molecule has 1 N–H and O–H groups in total. The quantitative estimate of drug-likeness (QED) is 0.627. The first-order valence-electron chi connectivity index (χ1n) is 10.8. The molecule has 3 rings (SSSR count). The summed E-state index contributed by atoms with van der Waals surface area (Å²) < 4.78 is 31.3. The van der Waals surface area contributed by atoms with Crippen molar-refractivity contribution in [3.63, 3.8) is 0 Å². The molecule has 8 heteroatoms. The lowest BCUT2D eigenvalue weighted by molar-refractivity contribution is -0.118. The van der Waals surface area contributed by atoms with Gasteiger partial charge < -0.3 is 10.1 Å². The molecule has 1 aromatic heterocycles. The summed E-state index contributed by atoms with van der Waals surface area (Å²) >= 11 is 0. The number of hydrogen-bond acceptors (Lipinski definition) is 5. The third-order valence-electron chi connectivity index (χ3n) is 6.04. The van der Waals surface area contributed by atoms with Gasteiger partial charge in [0.2, 0.25) is 5.91 Å². The minimum Gasteiger partial charge on any atom is -0.377 e. The lowest BCUT2D eigenvalue weighted by Crippen LogP contribution is -2.29. The Balaban J connectivity index is 1.81. The van der Waals surface area contributed by atoms with E-state index in [4.69, 9.17) is 4.74 Å². The van der Waals surface area contributed by atoms with Crippen LogP contribution in [0.1, 0.15) is 57.4 Å². The second-order valence-corrected chi connectivity index (χ2v) is 11.2. The Morgan fingerprint density at radius 3 is 2.65 bits per heavy atom. The van der Waals surface area contributed by atoms with Gasteiger partial charge in [0.15, 0.2) is 15.7 Å². The van der Waals surface area contributed by atoms with Crippen LogP contribution in [0.3, 0.4) is 0 Å². The average Bonchev–Trinajstić information content (AvgIpc) is 3.37. The van der Waals surface area contributed by atoms with E-state index in [0.717, 1.165) is 18.4 Å². The topological polar surface area (TPSA) is 90.3 Å². The molecule has 0 radical (unpaired) electrons. The van der Waals surface area contributed by atoms with Crippen LogP contribution in [0.4, 0.5) is 5.82 Å². The van der Waals surface area contributed by atoms with Crippen molar-refractivity contribution in [2.24, 2.45) is 5.92 Å². The number of rotatable bonds is 9. The molecule has 1 aliphatic rings. The molecule has 1 aromatic carbocycles. The van der Waals surface area contributed by atoms with Crippen LogP contribution in [0.25, 0.3) is 0 Å². The van der Waals surface area contributed by atoms with E-state index in [-0.39, 0.29) is 16.4 Å². The second kappa shape index (κ2) is 9.53. The Morgan fingerprint density at radius 2 is 2.00 bits per heavy atom. The zero-order chi connectivity index (χ0) is 22.6. The summed E-state index contributed by atoms with van der Waals surface area (Å²) in [6, 6.07) is 8.52. The van der Waals surface area contributed by atoms with Gasteiger partial charge in [-0.15, -0.1) is 0 Å². The standard InChI is InChI=1S/C23H33N3O4S/c1-23(2,30-3)16-26-13-12-21(25-26)24-22(27)20(14-17-8-5-6-9-17)18-10-7-11-19(15-18)31(4,28)29/h7,10-13,15,17,20H,5-6,8-9,14,16H2,1-4H3,(H,24,25,27). The molecule has 0 bridgehead atoms. The number of ether oxygens (including phenoxy) is 1. The zero-order valence-corrected chi connectivity index (χ0v) is 19.6. The third kappa shape index (κ3) is 6.40. The number of carbonyl (C=O) groups excluding carboxylic acids is 1. The molecule has 1 heterocycles. The number of nitrogens with one attached hydrogen (secondary N) is 1.